The predicted octanol–water partition coefficient (Wildman–Crippen LogP) is 2.45. The summed E-state index contributed by atoms with van der Waals surface area (Å²) in [6.45, 7) is 0.982. The number of aromatic nitrogens is 1. The summed E-state index contributed by atoms with van der Waals surface area (Å²) in [6.07, 6.45) is 5.53. The minimum Gasteiger partial charge on any atom is -0.479 e. The quantitative estimate of drug-likeness (QED) is 0.378. The van der Waals surface area contributed by atoms with Gasteiger partial charge in [0.05, 0.1) is 0 Å². The Labute approximate surface area is 169 Å². The molecule has 0 amide bonds. The van der Waals surface area contributed by atoms with Crippen molar-refractivity contribution in [3.8, 4) is 0 Å². The Bertz CT molecular complexity index is 865. The van der Waals surface area contributed by atoms with Gasteiger partial charge in [-0.05, 0) is 61.3 Å². The number of fused-ring (bicyclic) bond motifs is 1. The number of anilines is 1. The number of aliphatic carboxylic acids is 2. The maximum Gasteiger partial charge on any atom is 0.347 e. The minimum atomic E-state index is -2.81. The fourth-order valence-corrected chi connectivity index (χ4v) is 3.51. The van der Waals surface area contributed by atoms with Crippen molar-refractivity contribution in [3.05, 3.63) is 58.8 Å². The van der Waals surface area contributed by atoms with Crippen molar-refractivity contribution in [2.45, 2.75) is 50.5 Å². The highest BCUT2D eigenvalue weighted by atomic mass is 16.4. The number of nitrogens with zero attached hydrogens (tertiary/aromatic N) is 1. The van der Waals surface area contributed by atoms with Crippen molar-refractivity contribution in [2.24, 2.45) is 0 Å². The van der Waals surface area contributed by atoms with Crippen molar-refractivity contribution >= 4 is 17.8 Å². The van der Waals surface area contributed by atoms with Crippen LogP contribution in [-0.2, 0) is 35.3 Å². The van der Waals surface area contributed by atoms with Gasteiger partial charge in [0.1, 0.15) is 5.82 Å². The van der Waals surface area contributed by atoms with E-state index in [0.29, 0.717) is 5.56 Å². The minimum absolute atomic E-state index is 0.465. The lowest BCUT2D eigenvalue weighted by Gasteiger charge is -2.18. The summed E-state index contributed by atoms with van der Waals surface area (Å²) < 4.78 is 0. The molecule has 7 nitrogen and oxygen atoms in total. The van der Waals surface area contributed by atoms with Crippen LogP contribution >= 0.6 is 0 Å². The number of hydrogen-bond acceptors (Lipinski definition) is 5. The molecule has 1 aromatic carbocycles. The third-order valence-electron chi connectivity index (χ3n) is 5.29. The molecular weight excluding hydrogens is 372 g/mol. The Hall–Kier alpha value is -2.93. The molecule has 2 heterocycles. The molecule has 1 aromatic heterocycles. The lowest BCUT2D eigenvalue weighted by Crippen LogP contribution is -2.48. The van der Waals surface area contributed by atoms with Crippen LogP contribution in [0.25, 0.3) is 0 Å². The van der Waals surface area contributed by atoms with E-state index >= 15 is 0 Å². The van der Waals surface area contributed by atoms with Crippen molar-refractivity contribution in [2.75, 3.05) is 11.9 Å². The second kappa shape index (κ2) is 9.05. The lowest BCUT2D eigenvalue weighted by molar-refractivity contribution is -0.175. The number of hydrogen-bond donors (Lipinski definition) is 4. The molecule has 154 valence electrons. The second-order valence-electron chi connectivity index (χ2n) is 7.51. The Morgan fingerprint density at radius 2 is 1.62 bits per heavy atom. The fourth-order valence-electron chi connectivity index (χ4n) is 3.51. The maximum atomic E-state index is 11.1. The smallest absolute Gasteiger partial charge is 0.347 e. The maximum absolute atomic E-state index is 11.1. The molecule has 29 heavy (non-hydrogen) atoms. The Balaban J connectivity index is 1.48. The van der Waals surface area contributed by atoms with Gasteiger partial charge in [-0.25, -0.2) is 14.6 Å². The molecular formula is C22H26N2O5. The number of carbonyl (C=O) groups is 2. The van der Waals surface area contributed by atoms with Crippen LogP contribution in [-0.4, -0.2) is 44.4 Å². The van der Waals surface area contributed by atoms with E-state index in [1.807, 2.05) is 12.1 Å². The molecule has 0 bridgehead atoms. The van der Waals surface area contributed by atoms with Gasteiger partial charge in [-0.3, -0.25) is 0 Å². The monoisotopic (exact) mass is 398 g/mol. The first-order valence-corrected chi connectivity index (χ1v) is 9.88. The Kier molecular flexibility index (Phi) is 6.49. The number of benzene rings is 1. The number of aliphatic hydroxyl groups is 1. The Morgan fingerprint density at radius 1 is 0.966 bits per heavy atom. The van der Waals surface area contributed by atoms with Crippen molar-refractivity contribution < 1.29 is 24.9 Å². The van der Waals surface area contributed by atoms with Crippen molar-refractivity contribution in [1.82, 2.24) is 4.98 Å². The van der Waals surface area contributed by atoms with E-state index in [0.717, 1.165) is 62.1 Å². The van der Waals surface area contributed by atoms with E-state index < -0.39 is 24.0 Å². The normalized spacial score (nSPS) is 13.4. The number of unbranched alkanes of at least 4 members (excludes halogenated alkanes) is 1. The summed E-state index contributed by atoms with van der Waals surface area (Å²) in [5, 5.41) is 31.1. The number of nitrogens with one attached hydrogen (secondary N) is 1. The van der Waals surface area contributed by atoms with Gasteiger partial charge in [0.15, 0.2) is 0 Å². The topological polar surface area (TPSA) is 120 Å². The molecule has 1 aliphatic rings. The van der Waals surface area contributed by atoms with Gasteiger partial charge in [0.25, 0.3) is 5.60 Å². The van der Waals surface area contributed by atoms with E-state index in [1.54, 1.807) is 12.1 Å². The zero-order valence-electron chi connectivity index (χ0n) is 16.2. The molecule has 0 saturated heterocycles. The first-order chi connectivity index (χ1) is 13.9. The SMILES string of the molecule is O=C(O)C(O)(Cc1ccc(CCCCc2ccc3c(n2)NCCC3)cc1)C(=O)O. The number of aryl methyl sites for hydroxylation is 3. The molecule has 0 aliphatic carbocycles. The van der Waals surface area contributed by atoms with Crippen LogP contribution in [0, 0.1) is 0 Å². The van der Waals surface area contributed by atoms with E-state index in [1.165, 1.54) is 5.56 Å². The number of carboxylic acids is 2. The first kappa shape index (κ1) is 20.8. The standard InChI is InChI=1S/C22H26N2O5/c25-20(26)22(29,21(27)28)14-16-9-7-15(8-10-16)4-1-2-6-18-12-11-17-5-3-13-23-19(17)24-18/h7-12,29H,1-6,13-14H2,(H,23,24)(H,25,26)(H,27,28). The lowest BCUT2D eigenvalue weighted by atomic mass is 9.93. The molecule has 2 aromatic rings. The highest BCUT2D eigenvalue weighted by molar-refractivity contribution is 6.01. The highest BCUT2D eigenvalue weighted by Crippen LogP contribution is 2.21. The van der Waals surface area contributed by atoms with E-state index in [4.69, 9.17) is 15.2 Å². The van der Waals surface area contributed by atoms with Crippen LogP contribution in [0.15, 0.2) is 36.4 Å². The van der Waals surface area contributed by atoms with Gasteiger partial charge >= 0.3 is 11.9 Å². The van der Waals surface area contributed by atoms with Crippen LogP contribution in [0.3, 0.4) is 0 Å². The number of carboxylic acid groups (broad SMARTS) is 2. The van der Waals surface area contributed by atoms with Gasteiger partial charge in [0.2, 0.25) is 0 Å². The average molecular weight is 398 g/mol. The van der Waals surface area contributed by atoms with E-state index in [9.17, 15) is 14.7 Å². The van der Waals surface area contributed by atoms with Gasteiger partial charge in [-0.15, -0.1) is 0 Å². The summed E-state index contributed by atoms with van der Waals surface area (Å²) in [5.74, 6) is -2.51. The van der Waals surface area contributed by atoms with Crippen LogP contribution in [0.2, 0.25) is 0 Å². The third kappa shape index (κ3) is 5.12. The van der Waals surface area contributed by atoms with Crippen molar-refractivity contribution in [1.29, 1.82) is 0 Å². The van der Waals surface area contributed by atoms with Gasteiger partial charge < -0.3 is 20.6 Å². The van der Waals surface area contributed by atoms with Crippen molar-refractivity contribution in [3.63, 3.8) is 0 Å². The van der Waals surface area contributed by atoms with Crippen LogP contribution in [0.5, 0.6) is 0 Å². The predicted molar refractivity (Wildman–Crippen MR) is 108 cm³/mol. The number of rotatable bonds is 9. The fraction of sp³-hybridized carbons (Fsp3) is 0.409. The molecule has 0 unspecified atom stereocenters. The van der Waals surface area contributed by atoms with Crippen LogP contribution in [0.1, 0.15) is 41.6 Å². The zero-order chi connectivity index (χ0) is 20.9. The summed E-state index contributed by atoms with van der Waals surface area (Å²) >= 11 is 0. The molecule has 0 fully saturated rings. The Morgan fingerprint density at radius 3 is 2.31 bits per heavy atom. The molecule has 0 atom stereocenters. The zero-order valence-corrected chi connectivity index (χ0v) is 16.2. The molecule has 0 saturated carbocycles. The summed E-state index contributed by atoms with van der Waals surface area (Å²) in [5.41, 5.74) is 1.13. The molecule has 3 rings (SSSR count). The first-order valence-electron chi connectivity index (χ1n) is 9.88. The van der Waals surface area contributed by atoms with E-state index in [-0.39, 0.29) is 0 Å². The summed E-state index contributed by atoms with van der Waals surface area (Å²) in [6, 6.07) is 11.3. The molecule has 0 spiro atoms. The average Bonchev–Trinajstić information content (AvgIpc) is 2.72. The largest absolute Gasteiger partial charge is 0.479 e. The molecule has 4 N–H and O–H groups in total. The summed E-state index contributed by atoms with van der Waals surface area (Å²) in [4.78, 5) is 26.8. The number of pyridine rings is 1. The highest BCUT2D eigenvalue weighted by Gasteiger charge is 2.44. The van der Waals surface area contributed by atoms with Gasteiger partial charge in [0, 0.05) is 18.7 Å². The van der Waals surface area contributed by atoms with Crippen LogP contribution < -0.4 is 5.32 Å². The second-order valence-corrected chi connectivity index (χ2v) is 7.51. The summed E-state index contributed by atoms with van der Waals surface area (Å²) in [7, 11) is 0. The molecule has 7 heteroatoms. The molecule has 0 radical (unpaired) electrons. The van der Waals surface area contributed by atoms with Crippen LogP contribution in [0.4, 0.5) is 5.82 Å². The van der Waals surface area contributed by atoms with Gasteiger partial charge in [-0.1, -0.05) is 30.3 Å². The van der Waals surface area contributed by atoms with Gasteiger partial charge in [-0.2, -0.15) is 0 Å². The molecule has 1 aliphatic heterocycles. The van der Waals surface area contributed by atoms with E-state index in [2.05, 4.69) is 17.4 Å². The third-order valence-corrected chi connectivity index (χ3v) is 5.29.